The number of rotatable bonds is 9. The van der Waals surface area contributed by atoms with Crippen molar-refractivity contribution in [1.82, 2.24) is 10.6 Å². The molecule has 0 saturated carbocycles. The van der Waals surface area contributed by atoms with Gasteiger partial charge >= 0.3 is 0 Å². The number of hydrogen-bond acceptors (Lipinski definition) is 3. The highest BCUT2D eigenvalue weighted by atomic mass is 16.5. The Hall–Kier alpha value is -0.870. The summed E-state index contributed by atoms with van der Waals surface area (Å²) in [5.74, 6) is -0.0613. The molecule has 0 aliphatic heterocycles. The first-order valence-electron chi connectivity index (χ1n) is 5.85. The zero-order valence-corrected chi connectivity index (χ0v) is 10.6. The molecule has 0 rings (SSSR count). The summed E-state index contributed by atoms with van der Waals surface area (Å²) in [5, 5.41) is 6.06. The molecule has 0 aromatic rings. The summed E-state index contributed by atoms with van der Waals surface area (Å²) >= 11 is 0. The lowest BCUT2D eigenvalue weighted by molar-refractivity contribution is -0.131. The van der Waals surface area contributed by atoms with Crippen LogP contribution in [0.15, 0.2) is 12.7 Å². The van der Waals surface area contributed by atoms with Crippen molar-refractivity contribution in [1.29, 1.82) is 0 Å². The minimum atomic E-state index is -0.395. The number of carbonyl (C=O) groups is 1. The minimum absolute atomic E-state index is 0.0613. The van der Waals surface area contributed by atoms with Gasteiger partial charge in [0.15, 0.2) is 0 Å². The fraction of sp³-hybridized carbons (Fsp3) is 0.750. The number of amides is 1. The third kappa shape index (κ3) is 7.43. The summed E-state index contributed by atoms with van der Waals surface area (Å²) in [6.07, 6.45) is 2.15. The third-order valence-corrected chi connectivity index (χ3v) is 2.19. The zero-order valence-electron chi connectivity index (χ0n) is 10.6. The fourth-order valence-electron chi connectivity index (χ4n) is 1.22. The number of carbonyl (C=O) groups excluding carboxylic acids is 1. The van der Waals surface area contributed by atoms with E-state index in [1.54, 1.807) is 13.0 Å². The molecule has 94 valence electrons. The van der Waals surface area contributed by atoms with E-state index in [0.717, 1.165) is 13.0 Å². The van der Waals surface area contributed by atoms with Crippen LogP contribution in [-0.4, -0.2) is 37.7 Å². The van der Waals surface area contributed by atoms with E-state index in [1.165, 1.54) is 0 Å². The molecule has 0 spiro atoms. The standard InChI is InChI=1S/C12H24N2O2/c1-5-7-8-16-11(4)12(15)14-9-10(3)13-6-2/h5,10-11,13H,1,6-9H2,2-4H3,(H,14,15)/t10-,11?/m1/s1. The van der Waals surface area contributed by atoms with Gasteiger partial charge in [-0.2, -0.15) is 0 Å². The normalized spacial score (nSPS) is 14.2. The summed E-state index contributed by atoms with van der Waals surface area (Å²) in [6.45, 7) is 11.5. The van der Waals surface area contributed by atoms with Crippen molar-refractivity contribution in [3.63, 3.8) is 0 Å². The molecule has 4 heteroatoms. The largest absolute Gasteiger partial charge is 0.368 e. The van der Waals surface area contributed by atoms with Crippen LogP contribution in [0.5, 0.6) is 0 Å². The van der Waals surface area contributed by atoms with Crippen LogP contribution in [-0.2, 0) is 9.53 Å². The molecule has 0 aliphatic carbocycles. The summed E-state index contributed by atoms with van der Waals surface area (Å²) in [7, 11) is 0. The fourth-order valence-corrected chi connectivity index (χ4v) is 1.22. The van der Waals surface area contributed by atoms with Gasteiger partial charge in [0.1, 0.15) is 6.10 Å². The van der Waals surface area contributed by atoms with Crippen LogP contribution in [0.3, 0.4) is 0 Å². The van der Waals surface area contributed by atoms with E-state index in [-0.39, 0.29) is 11.9 Å². The molecule has 1 amide bonds. The van der Waals surface area contributed by atoms with Gasteiger partial charge in [0.25, 0.3) is 0 Å². The molecule has 0 aliphatic rings. The highest BCUT2D eigenvalue weighted by Crippen LogP contribution is 1.93. The Morgan fingerprint density at radius 3 is 2.75 bits per heavy atom. The van der Waals surface area contributed by atoms with Crippen molar-refractivity contribution in [2.24, 2.45) is 0 Å². The Balaban J connectivity index is 3.65. The predicted octanol–water partition coefficient (Wildman–Crippen LogP) is 1.08. The van der Waals surface area contributed by atoms with E-state index in [9.17, 15) is 4.79 Å². The predicted molar refractivity (Wildman–Crippen MR) is 66.4 cm³/mol. The first-order chi connectivity index (χ1) is 7.61. The van der Waals surface area contributed by atoms with Crippen molar-refractivity contribution in [2.45, 2.75) is 39.3 Å². The van der Waals surface area contributed by atoms with E-state index in [4.69, 9.17) is 4.74 Å². The van der Waals surface area contributed by atoms with Crippen molar-refractivity contribution >= 4 is 5.91 Å². The molecule has 4 nitrogen and oxygen atoms in total. The van der Waals surface area contributed by atoms with Gasteiger partial charge in [-0.15, -0.1) is 6.58 Å². The molecule has 0 radical (unpaired) electrons. The van der Waals surface area contributed by atoms with Gasteiger partial charge < -0.3 is 15.4 Å². The van der Waals surface area contributed by atoms with Gasteiger partial charge in [-0.05, 0) is 26.8 Å². The molecule has 0 heterocycles. The summed E-state index contributed by atoms with van der Waals surface area (Å²) in [4.78, 5) is 11.6. The first-order valence-corrected chi connectivity index (χ1v) is 5.85. The maximum absolute atomic E-state index is 11.6. The molecule has 0 fully saturated rings. The average Bonchev–Trinajstić information content (AvgIpc) is 2.26. The second-order valence-corrected chi connectivity index (χ2v) is 3.79. The quantitative estimate of drug-likeness (QED) is 0.459. The van der Waals surface area contributed by atoms with Gasteiger partial charge in [-0.1, -0.05) is 13.0 Å². The SMILES string of the molecule is C=CCCOC(C)C(=O)NC[C@@H](C)NCC. The molecule has 2 atom stereocenters. The van der Waals surface area contributed by atoms with Gasteiger partial charge in [0.05, 0.1) is 6.61 Å². The smallest absolute Gasteiger partial charge is 0.248 e. The topological polar surface area (TPSA) is 50.4 Å². The van der Waals surface area contributed by atoms with E-state index in [2.05, 4.69) is 17.2 Å². The van der Waals surface area contributed by atoms with E-state index < -0.39 is 6.10 Å². The second kappa shape index (κ2) is 9.36. The zero-order chi connectivity index (χ0) is 12.4. The molecule has 0 bridgehead atoms. The Morgan fingerprint density at radius 2 is 2.19 bits per heavy atom. The van der Waals surface area contributed by atoms with Crippen molar-refractivity contribution in [3.05, 3.63) is 12.7 Å². The van der Waals surface area contributed by atoms with Crippen LogP contribution in [0.4, 0.5) is 0 Å². The molecular formula is C12H24N2O2. The van der Waals surface area contributed by atoms with Crippen molar-refractivity contribution < 1.29 is 9.53 Å². The Bertz CT molecular complexity index is 207. The average molecular weight is 228 g/mol. The molecule has 0 aromatic heterocycles. The highest BCUT2D eigenvalue weighted by Gasteiger charge is 2.13. The van der Waals surface area contributed by atoms with Crippen LogP contribution >= 0.6 is 0 Å². The Morgan fingerprint density at radius 1 is 1.50 bits per heavy atom. The summed E-state index contributed by atoms with van der Waals surface area (Å²) in [5.41, 5.74) is 0. The Labute approximate surface area is 98.4 Å². The van der Waals surface area contributed by atoms with Crippen LogP contribution in [0.25, 0.3) is 0 Å². The molecular weight excluding hydrogens is 204 g/mol. The van der Waals surface area contributed by atoms with Gasteiger partial charge in [-0.3, -0.25) is 4.79 Å². The van der Waals surface area contributed by atoms with Gasteiger partial charge in [0.2, 0.25) is 5.91 Å². The maximum Gasteiger partial charge on any atom is 0.248 e. The third-order valence-electron chi connectivity index (χ3n) is 2.19. The number of likely N-dealkylation sites (N-methyl/N-ethyl adjacent to an activating group) is 1. The van der Waals surface area contributed by atoms with Crippen LogP contribution in [0, 0.1) is 0 Å². The van der Waals surface area contributed by atoms with Gasteiger partial charge in [-0.25, -0.2) is 0 Å². The van der Waals surface area contributed by atoms with Crippen LogP contribution in [0.1, 0.15) is 27.2 Å². The summed E-state index contributed by atoms with van der Waals surface area (Å²) in [6, 6.07) is 0.286. The molecule has 0 aromatic carbocycles. The number of ether oxygens (including phenoxy) is 1. The number of hydrogen-bond donors (Lipinski definition) is 2. The molecule has 1 unspecified atom stereocenters. The highest BCUT2D eigenvalue weighted by molar-refractivity contribution is 5.80. The summed E-state index contributed by atoms with van der Waals surface area (Å²) < 4.78 is 5.33. The lowest BCUT2D eigenvalue weighted by Crippen LogP contribution is -2.42. The van der Waals surface area contributed by atoms with Gasteiger partial charge in [0, 0.05) is 12.6 Å². The molecule has 2 N–H and O–H groups in total. The lowest BCUT2D eigenvalue weighted by atomic mass is 10.3. The van der Waals surface area contributed by atoms with Crippen LogP contribution in [0.2, 0.25) is 0 Å². The maximum atomic E-state index is 11.6. The first kappa shape index (κ1) is 15.1. The number of nitrogens with one attached hydrogen (secondary N) is 2. The second-order valence-electron chi connectivity index (χ2n) is 3.79. The Kier molecular flexibility index (Phi) is 8.85. The van der Waals surface area contributed by atoms with E-state index >= 15 is 0 Å². The van der Waals surface area contributed by atoms with E-state index in [0.29, 0.717) is 13.2 Å². The molecule has 0 saturated heterocycles. The van der Waals surface area contributed by atoms with Crippen molar-refractivity contribution in [2.75, 3.05) is 19.7 Å². The van der Waals surface area contributed by atoms with Crippen LogP contribution < -0.4 is 10.6 Å². The monoisotopic (exact) mass is 228 g/mol. The molecule has 16 heavy (non-hydrogen) atoms. The minimum Gasteiger partial charge on any atom is -0.368 e. The van der Waals surface area contributed by atoms with E-state index in [1.807, 2.05) is 13.8 Å². The van der Waals surface area contributed by atoms with Crippen molar-refractivity contribution in [3.8, 4) is 0 Å². The lowest BCUT2D eigenvalue weighted by Gasteiger charge is -2.16.